The Morgan fingerprint density at radius 1 is 0.871 bits per heavy atom. The Balaban J connectivity index is 0.000000500. The average Bonchev–Trinajstić information content (AvgIpc) is 2.77. The topological polar surface area (TPSA) is 80.2 Å². The van der Waals surface area contributed by atoms with E-state index in [2.05, 4.69) is 5.32 Å². The maximum Gasteiger partial charge on any atom is 0.119 e. The minimum Gasteiger partial charge on any atom is -0.491 e. The van der Waals surface area contributed by atoms with Crippen molar-refractivity contribution in [2.24, 2.45) is 0 Å². The molecule has 0 aliphatic heterocycles. The molecule has 0 bridgehead atoms. The number of hydrogen-bond acceptors (Lipinski definition) is 6. The fourth-order valence-electron chi connectivity index (χ4n) is 2.42. The van der Waals surface area contributed by atoms with Crippen molar-refractivity contribution in [2.45, 2.75) is 59.2 Å². The zero-order valence-electron chi connectivity index (χ0n) is 19.3. The Bertz CT molecular complexity index is 661. The van der Waals surface area contributed by atoms with Gasteiger partial charge in [-0.1, -0.05) is 56.3 Å². The number of rotatable bonds is 13. The number of aliphatic hydroxyl groups excluding tert-OH is 2. The second-order valence-electron chi connectivity index (χ2n) is 7.79. The van der Waals surface area contributed by atoms with E-state index in [1.807, 2.05) is 82.3 Å². The Morgan fingerprint density at radius 2 is 1.55 bits per heavy atom. The maximum atomic E-state index is 9.80. The quantitative estimate of drug-likeness (QED) is 0.419. The minimum absolute atomic E-state index is 0.140. The zero-order valence-corrected chi connectivity index (χ0v) is 19.3. The fraction of sp³-hybridized carbons (Fsp3) is 0.520. The SMILES string of the molecule is CC(C)NCC(O)COc1ccc(COCCOC(C)C)cc1.OCc1ccccc1. The summed E-state index contributed by atoms with van der Waals surface area (Å²) in [7, 11) is 0. The van der Waals surface area contributed by atoms with Crippen LogP contribution in [-0.4, -0.2) is 54.8 Å². The number of ether oxygens (including phenoxy) is 3. The Kier molecular flexibility index (Phi) is 14.6. The summed E-state index contributed by atoms with van der Waals surface area (Å²) in [6.45, 7) is 10.8. The molecule has 1 unspecified atom stereocenters. The molecule has 2 rings (SSSR count). The van der Waals surface area contributed by atoms with Gasteiger partial charge in [-0.05, 0) is 37.1 Å². The highest BCUT2D eigenvalue weighted by molar-refractivity contribution is 5.26. The van der Waals surface area contributed by atoms with Gasteiger partial charge in [0.05, 0.1) is 32.5 Å². The van der Waals surface area contributed by atoms with Crippen LogP contribution >= 0.6 is 0 Å². The van der Waals surface area contributed by atoms with Crippen LogP contribution in [0, 0.1) is 0 Å². The lowest BCUT2D eigenvalue weighted by atomic mass is 10.2. The zero-order chi connectivity index (χ0) is 22.9. The van der Waals surface area contributed by atoms with Gasteiger partial charge in [0.15, 0.2) is 0 Å². The predicted octanol–water partition coefficient (Wildman–Crippen LogP) is 3.54. The summed E-state index contributed by atoms with van der Waals surface area (Å²) >= 11 is 0. The number of hydrogen-bond donors (Lipinski definition) is 3. The van der Waals surface area contributed by atoms with Crippen LogP contribution in [0.15, 0.2) is 54.6 Å². The maximum absolute atomic E-state index is 9.80. The fourth-order valence-corrected chi connectivity index (χ4v) is 2.42. The molecule has 174 valence electrons. The molecule has 0 fully saturated rings. The van der Waals surface area contributed by atoms with Gasteiger partial charge in [0, 0.05) is 12.6 Å². The monoisotopic (exact) mass is 433 g/mol. The Morgan fingerprint density at radius 3 is 2.10 bits per heavy atom. The van der Waals surface area contributed by atoms with Gasteiger partial charge >= 0.3 is 0 Å². The van der Waals surface area contributed by atoms with E-state index < -0.39 is 6.10 Å². The minimum atomic E-state index is -0.513. The van der Waals surface area contributed by atoms with Crippen LogP contribution in [0.2, 0.25) is 0 Å². The molecule has 0 saturated carbocycles. The summed E-state index contributed by atoms with van der Waals surface area (Å²) < 4.78 is 16.5. The smallest absolute Gasteiger partial charge is 0.119 e. The second kappa shape index (κ2) is 16.7. The molecule has 0 amide bonds. The molecule has 3 N–H and O–H groups in total. The first-order valence-electron chi connectivity index (χ1n) is 10.9. The molecular formula is C25H39NO5. The molecular weight excluding hydrogens is 394 g/mol. The van der Waals surface area contributed by atoms with Gasteiger partial charge in [-0.3, -0.25) is 0 Å². The highest BCUT2D eigenvalue weighted by atomic mass is 16.5. The molecule has 0 spiro atoms. The lowest BCUT2D eigenvalue weighted by Gasteiger charge is -2.15. The van der Waals surface area contributed by atoms with E-state index >= 15 is 0 Å². The van der Waals surface area contributed by atoms with E-state index in [1.54, 1.807) is 0 Å². The van der Waals surface area contributed by atoms with Crippen molar-refractivity contribution >= 4 is 0 Å². The molecule has 0 aliphatic rings. The summed E-state index contributed by atoms with van der Waals surface area (Å²) in [5.41, 5.74) is 2.05. The van der Waals surface area contributed by atoms with E-state index in [1.165, 1.54) is 0 Å². The van der Waals surface area contributed by atoms with Gasteiger partial charge in [-0.25, -0.2) is 0 Å². The van der Waals surface area contributed by atoms with Gasteiger partial charge in [0.2, 0.25) is 0 Å². The first kappa shape index (κ1) is 27.1. The van der Waals surface area contributed by atoms with Gasteiger partial charge in [-0.2, -0.15) is 0 Å². The predicted molar refractivity (Wildman–Crippen MR) is 124 cm³/mol. The molecule has 1 atom stereocenters. The largest absolute Gasteiger partial charge is 0.491 e. The van der Waals surface area contributed by atoms with Crippen molar-refractivity contribution in [3.63, 3.8) is 0 Å². The lowest BCUT2D eigenvalue weighted by Crippen LogP contribution is -2.35. The molecule has 0 aliphatic carbocycles. The van der Waals surface area contributed by atoms with E-state index in [9.17, 15) is 5.11 Å². The third-order valence-electron chi connectivity index (χ3n) is 4.10. The van der Waals surface area contributed by atoms with Crippen molar-refractivity contribution in [2.75, 3.05) is 26.4 Å². The summed E-state index contributed by atoms with van der Waals surface area (Å²) in [5, 5.41) is 21.5. The second-order valence-corrected chi connectivity index (χ2v) is 7.79. The van der Waals surface area contributed by atoms with E-state index in [0.717, 1.165) is 16.9 Å². The standard InChI is InChI=1S/C18H31NO4.C7H8O/c1-14(2)19-11-17(20)13-23-18-7-5-16(6-8-18)12-21-9-10-22-15(3)4;8-6-7-4-2-1-3-5-7/h5-8,14-15,17,19-20H,9-13H2,1-4H3;1-5,8H,6H2. The van der Waals surface area contributed by atoms with E-state index in [4.69, 9.17) is 19.3 Å². The van der Waals surface area contributed by atoms with Crippen LogP contribution in [0.5, 0.6) is 5.75 Å². The Hall–Kier alpha value is -1.96. The van der Waals surface area contributed by atoms with Crippen LogP contribution in [0.25, 0.3) is 0 Å². The third kappa shape index (κ3) is 14.6. The normalized spacial score (nSPS) is 11.9. The number of benzene rings is 2. The summed E-state index contributed by atoms with van der Waals surface area (Å²) in [6, 6.07) is 17.6. The van der Waals surface area contributed by atoms with E-state index in [0.29, 0.717) is 32.4 Å². The molecule has 0 aromatic heterocycles. The van der Waals surface area contributed by atoms with Crippen molar-refractivity contribution in [3.05, 3.63) is 65.7 Å². The van der Waals surface area contributed by atoms with E-state index in [-0.39, 0.29) is 19.3 Å². The van der Waals surface area contributed by atoms with Gasteiger partial charge in [0.1, 0.15) is 18.5 Å². The Labute approximate surface area is 187 Å². The summed E-state index contributed by atoms with van der Waals surface area (Å²) in [6.07, 6.45) is -0.275. The summed E-state index contributed by atoms with van der Waals surface area (Å²) in [4.78, 5) is 0. The number of aliphatic hydroxyl groups is 2. The van der Waals surface area contributed by atoms with Gasteiger partial charge in [-0.15, -0.1) is 0 Å². The van der Waals surface area contributed by atoms with Gasteiger partial charge in [0.25, 0.3) is 0 Å². The summed E-state index contributed by atoms with van der Waals surface area (Å²) in [5.74, 6) is 0.750. The molecule has 6 nitrogen and oxygen atoms in total. The first-order chi connectivity index (χ1) is 14.9. The molecule has 2 aromatic rings. The number of nitrogens with one attached hydrogen (secondary N) is 1. The lowest BCUT2D eigenvalue weighted by molar-refractivity contribution is 0.0143. The average molecular weight is 434 g/mol. The van der Waals surface area contributed by atoms with Crippen molar-refractivity contribution in [1.82, 2.24) is 5.32 Å². The molecule has 31 heavy (non-hydrogen) atoms. The van der Waals surface area contributed by atoms with Crippen LogP contribution in [0.4, 0.5) is 0 Å². The van der Waals surface area contributed by atoms with Crippen LogP contribution in [-0.2, 0) is 22.7 Å². The van der Waals surface area contributed by atoms with Crippen molar-refractivity contribution in [3.8, 4) is 5.75 Å². The highest BCUT2D eigenvalue weighted by Gasteiger charge is 2.06. The van der Waals surface area contributed by atoms with Crippen LogP contribution in [0.3, 0.4) is 0 Å². The molecule has 2 aromatic carbocycles. The molecule has 6 heteroatoms. The molecule has 0 saturated heterocycles. The molecule has 0 heterocycles. The van der Waals surface area contributed by atoms with Crippen molar-refractivity contribution in [1.29, 1.82) is 0 Å². The van der Waals surface area contributed by atoms with Crippen molar-refractivity contribution < 1.29 is 24.4 Å². The van der Waals surface area contributed by atoms with Gasteiger partial charge < -0.3 is 29.7 Å². The molecule has 0 radical (unpaired) electrons. The highest BCUT2D eigenvalue weighted by Crippen LogP contribution is 2.13. The van der Waals surface area contributed by atoms with Crippen LogP contribution < -0.4 is 10.1 Å². The third-order valence-corrected chi connectivity index (χ3v) is 4.10. The first-order valence-corrected chi connectivity index (χ1v) is 10.9. The van der Waals surface area contributed by atoms with Crippen LogP contribution in [0.1, 0.15) is 38.8 Å².